The average Bonchev–Trinajstić information content (AvgIpc) is 3.07. The van der Waals surface area contributed by atoms with E-state index in [1.807, 2.05) is 0 Å². The molecule has 0 atom stereocenters. The number of hydrogen-bond donors (Lipinski definition) is 2. The lowest BCUT2D eigenvalue weighted by Crippen LogP contribution is -2.46. The quantitative estimate of drug-likeness (QED) is 0.845. The summed E-state index contributed by atoms with van der Waals surface area (Å²) in [4.78, 5) is 17.7. The van der Waals surface area contributed by atoms with Crippen molar-refractivity contribution in [1.82, 2.24) is 9.88 Å². The highest BCUT2D eigenvalue weighted by Crippen LogP contribution is 2.35. The van der Waals surface area contributed by atoms with Crippen LogP contribution in [0.5, 0.6) is 5.75 Å². The molecule has 1 aliphatic rings. The summed E-state index contributed by atoms with van der Waals surface area (Å²) >= 11 is 1.29. The van der Waals surface area contributed by atoms with Crippen LogP contribution in [0.3, 0.4) is 0 Å². The second kappa shape index (κ2) is 7.12. The number of aliphatic hydroxyl groups is 1. The highest BCUT2D eigenvalue weighted by atomic mass is 32.1. The Morgan fingerprint density at radius 3 is 2.69 bits per heavy atom. The second-order valence-corrected chi connectivity index (χ2v) is 6.76. The minimum Gasteiger partial charge on any atom is -0.406 e. The number of piperidine rings is 1. The Balaban J connectivity index is 1.64. The first kappa shape index (κ1) is 18.5. The van der Waals surface area contributed by atoms with E-state index in [9.17, 15) is 23.1 Å². The molecule has 1 aromatic carbocycles. The number of rotatable bonds is 3. The Kier molecular flexibility index (Phi) is 5.05. The van der Waals surface area contributed by atoms with Crippen LogP contribution in [0.25, 0.3) is 0 Å². The number of nitrogens with zero attached hydrogens (tertiary/aromatic N) is 2. The molecule has 1 saturated heterocycles. The largest absolute Gasteiger partial charge is 0.573 e. The van der Waals surface area contributed by atoms with Crippen LogP contribution in [-0.2, 0) is 5.60 Å². The summed E-state index contributed by atoms with van der Waals surface area (Å²) in [6.45, 7) is 0.524. The van der Waals surface area contributed by atoms with Crippen LogP contribution < -0.4 is 10.1 Å². The molecule has 2 amide bonds. The van der Waals surface area contributed by atoms with Gasteiger partial charge in [0.15, 0.2) is 5.13 Å². The van der Waals surface area contributed by atoms with Crippen molar-refractivity contribution in [2.45, 2.75) is 24.8 Å². The predicted octanol–water partition coefficient (Wildman–Crippen LogP) is 3.56. The lowest BCUT2D eigenvalue weighted by Gasteiger charge is -2.38. The number of alkyl halides is 3. The summed E-state index contributed by atoms with van der Waals surface area (Å²) in [7, 11) is 0. The first-order valence-electron chi connectivity index (χ1n) is 7.79. The lowest BCUT2D eigenvalue weighted by atomic mass is 9.84. The van der Waals surface area contributed by atoms with E-state index in [1.54, 1.807) is 17.6 Å². The Bertz CT molecular complexity index is 760. The third kappa shape index (κ3) is 4.44. The van der Waals surface area contributed by atoms with E-state index in [-0.39, 0.29) is 37.7 Å². The van der Waals surface area contributed by atoms with Gasteiger partial charge in [-0.15, -0.1) is 24.5 Å². The number of amides is 2. The molecule has 1 aromatic heterocycles. The second-order valence-electron chi connectivity index (χ2n) is 5.86. The molecule has 0 bridgehead atoms. The Morgan fingerprint density at radius 2 is 2.08 bits per heavy atom. The highest BCUT2D eigenvalue weighted by molar-refractivity contribution is 7.13. The molecule has 0 radical (unpaired) electrons. The van der Waals surface area contributed by atoms with Crippen LogP contribution in [0, 0.1) is 0 Å². The first-order valence-corrected chi connectivity index (χ1v) is 8.67. The number of halogens is 3. The fraction of sp³-hybridized carbons (Fsp3) is 0.375. The monoisotopic (exact) mass is 387 g/mol. The van der Waals surface area contributed by atoms with Gasteiger partial charge in [-0.3, -0.25) is 5.32 Å². The van der Waals surface area contributed by atoms with Crippen molar-refractivity contribution in [2.75, 3.05) is 18.4 Å². The number of aromatic nitrogens is 1. The van der Waals surface area contributed by atoms with Crippen molar-refractivity contribution in [3.8, 4) is 5.75 Å². The van der Waals surface area contributed by atoms with Crippen LogP contribution in [0.2, 0.25) is 0 Å². The third-order valence-corrected chi connectivity index (χ3v) is 4.82. The molecule has 6 nitrogen and oxygen atoms in total. The number of carbonyl (C=O) groups is 1. The number of benzene rings is 1. The molecule has 10 heteroatoms. The maximum absolute atomic E-state index is 12.4. The molecule has 140 valence electrons. The minimum atomic E-state index is -4.79. The number of hydrogen-bond acceptors (Lipinski definition) is 5. The maximum Gasteiger partial charge on any atom is 0.573 e. The maximum atomic E-state index is 12.4. The van der Waals surface area contributed by atoms with Crippen LogP contribution in [0.15, 0.2) is 35.8 Å². The molecule has 2 aromatic rings. The predicted molar refractivity (Wildman–Crippen MR) is 89.0 cm³/mol. The molecule has 0 aliphatic carbocycles. The topological polar surface area (TPSA) is 74.7 Å². The molecule has 1 fully saturated rings. The molecule has 0 spiro atoms. The van der Waals surface area contributed by atoms with Crippen molar-refractivity contribution < 1.29 is 27.8 Å². The Labute approximate surface area is 151 Å². The molecular formula is C16H16F3N3O3S. The van der Waals surface area contributed by atoms with Crippen molar-refractivity contribution in [1.29, 1.82) is 0 Å². The molecule has 2 N–H and O–H groups in total. The van der Waals surface area contributed by atoms with Crippen LogP contribution >= 0.6 is 11.3 Å². The Morgan fingerprint density at radius 1 is 1.35 bits per heavy atom. The summed E-state index contributed by atoms with van der Waals surface area (Å²) in [5.41, 5.74) is -0.984. The van der Waals surface area contributed by atoms with Crippen molar-refractivity contribution in [3.63, 3.8) is 0 Å². The number of nitrogens with one attached hydrogen (secondary N) is 1. The van der Waals surface area contributed by atoms with Gasteiger partial charge in [0.05, 0.1) is 5.60 Å². The van der Waals surface area contributed by atoms with E-state index >= 15 is 0 Å². The van der Waals surface area contributed by atoms with E-state index in [0.717, 1.165) is 0 Å². The number of urea groups is 1. The van der Waals surface area contributed by atoms with Gasteiger partial charge in [0, 0.05) is 24.7 Å². The van der Waals surface area contributed by atoms with Gasteiger partial charge in [0.2, 0.25) is 0 Å². The molecule has 2 heterocycles. The van der Waals surface area contributed by atoms with E-state index in [4.69, 9.17) is 0 Å². The highest BCUT2D eigenvalue weighted by Gasteiger charge is 2.37. The summed E-state index contributed by atoms with van der Waals surface area (Å²) in [6.07, 6.45) is -2.81. The summed E-state index contributed by atoms with van der Waals surface area (Å²) < 4.78 is 41.0. The first-order chi connectivity index (χ1) is 12.3. The molecule has 0 saturated carbocycles. The van der Waals surface area contributed by atoms with Gasteiger partial charge < -0.3 is 14.7 Å². The SMILES string of the molecule is O=C(Nc1nccs1)N1CCC(O)(c2cccc(OC(F)(F)F)c2)CC1. The number of ether oxygens (including phenoxy) is 1. The molecule has 26 heavy (non-hydrogen) atoms. The zero-order chi connectivity index (χ0) is 18.8. The fourth-order valence-corrected chi connectivity index (χ4v) is 3.33. The van der Waals surface area contributed by atoms with Crippen molar-refractivity contribution >= 4 is 22.5 Å². The van der Waals surface area contributed by atoms with Gasteiger partial charge in [0.1, 0.15) is 5.75 Å². The lowest BCUT2D eigenvalue weighted by molar-refractivity contribution is -0.274. The molecule has 0 unspecified atom stereocenters. The van der Waals surface area contributed by atoms with Gasteiger partial charge in [-0.25, -0.2) is 9.78 Å². The number of likely N-dealkylation sites (tertiary alicyclic amines) is 1. The van der Waals surface area contributed by atoms with E-state index in [0.29, 0.717) is 10.7 Å². The van der Waals surface area contributed by atoms with Crippen molar-refractivity contribution in [2.24, 2.45) is 0 Å². The Hall–Kier alpha value is -2.33. The van der Waals surface area contributed by atoms with Gasteiger partial charge in [-0.05, 0) is 30.5 Å². The molecule has 1 aliphatic heterocycles. The van der Waals surface area contributed by atoms with Gasteiger partial charge in [0.25, 0.3) is 0 Å². The van der Waals surface area contributed by atoms with Gasteiger partial charge >= 0.3 is 12.4 Å². The molecule has 3 rings (SSSR count). The fourth-order valence-electron chi connectivity index (χ4n) is 2.81. The van der Waals surface area contributed by atoms with E-state index < -0.39 is 12.0 Å². The van der Waals surface area contributed by atoms with E-state index in [2.05, 4.69) is 15.0 Å². The van der Waals surface area contributed by atoms with Crippen molar-refractivity contribution in [3.05, 3.63) is 41.4 Å². The zero-order valence-electron chi connectivity index (χ0n) is 13.5. The average molecular weight is 387 g/mol. The van der Waals surface area contributed by atoms with E-state index in [1.165, 1.54) is 34.4 Å². The number of carbonyl (C=O) groups excluding carboxylic acids is 1. The number of anilines is 1. The van der Waals surface area contributed by atoms with Crippen LogP contribution in [0.1, 0.15) is 18.4 Å². The summed E-state index contributed by atoms with van der Waals surface area (Å²) in [5.74, 6) is -0.382. The summed E-state index contributed by atoms with van der Waals surface area (Å²) in [5, 5.41) is 15.7. The smallest absolute Gasteiger partial charge is 0.406 e. The zero-order valence-corrected chi connectivity index (χ0v) is 14.3. The number of thiazole rings is 1. The van der Waals surface area contributed by atoms with Gasteiger partial charge in [-0.2, -0.15) is 0 Å². The summed E-state index contributed by atoms with van der Waals surface area (Å²) in [6, 6.07) is 4.98. The standard InChI is InChI=1S/C16H16F3N3O3S/c17-16(18,19)25-12-3-1-2-11(10-12)15(24)4-7-22(8-5-15)14(23)21-13-20-6-9-26-13/h1-3,6,9-10,24H,4-5,7-8H2,(H,20,21,23). The normalized spacial score (nSPS) is 17.0. The minimum absolute atomic E-state index is 0.202. The molecular weight excluding hydrogens is 371 g/mol. The van der Waals surface area contributed by atoms with Crippen LogP contribution in [-0.4, -0.2) is 40.5 Å². The third-order valence-electron chi connectivity index (χ3n) is 4.13. The van der Waals surface area contributed by atoms with Crippen LogP contribution in [0.4, 0.5) is 23.1 Å². The van der Waals surface area contributed by atoms with Gasteiger partial charge in [-0.1, -0.05) is 12.1 Å².